The average molecular weight is 464 g/mol. The molecule has 0 bridgehead atoms. The number of thiophene rings is 1. The third-order valence-electron chi connectivity index (χ3n) is 5.81. The molecule has 0 atom stereocenters. The number of piperazine rings is 1. The molecule has 0 unspecified atom stereocenters. The lowest BCUT2D eigenvalue weighted by Crippen LogP contribution is -2.46. The summed E-state index contributed by atoms with van der Waals surface area (Å²) in [5.41, 5.74) is 2.28. The molecular weight excluding hydrogens is 438 g/mol. The molecule has 1 aliphatic heterocycles. The Hall–Kier alpha value is -2.67. The van der Waals surface area contributed by atoms with Gasteiger partial charge in [-0.3, -0.25) is 4.90 Å². The maximum Gasteiger partial charge on any atom is 0.227 e. The minimum absolute atomic E-state index is 0.784. The van der Waals surface area contributed by atoms with E-state index in [9.17, 15) is 0 Å². The van der Waals surface area contributed by atoms with Gasteiger partial charge in [-0.2, -0.15) is 4.98 Å². The van der Waals surface area contributed by atoms with Crippen LogP contribution in [0, 0.1) is 0 Å². The predicted molar refractivity (Wildman–Crippen MR) is 135 cm³/mol. The minimum Gasteiger partial charge on any atom is -0.369 e. The van der Waals surface area contributed by atoms with Crippen molar-refractivity contribution in [3.63, 3.8) is 0 Å². The van der Waals surface area contributed by atoms with E-state index >= 15 is 0 Å². The lowest BCUT2D eigenvalue weighted by atomic mass is 10.2. The number of hydrogen-bond donors (Lipinski definition) is 1. The summed E-state index contributed by atoms with van der Waals surface area (Å²) in [5.74, 6) is 1.74. The van der Waals surface area contributed by atoms with Crippen LogP contribution >= 0.6 is 22.9 Å². The van der Waals surface area contributed by atoms with Crippen molar-refractivity contribution in [1.29, 1.82) is 0 Å². The highest BCUT2D eigenvalue weighted by Crippen LogP contribution is 2.24. The lowest BCUT2D eigenvalue weighted by molar-refractivity contribution is 0.249. The molecule has 5 rings (SSSR count). The molecule has 32 heavy (non-hydrogen) atoms. The van der Waals surface area contributed by atoms with Gasteiger partial charge in [0.1, 0.15) is 5.82 Å². The van der Waals surface area contributed by atoms with Crippen LogP contribution in [0.15, 0.2) is 66.0 Å². The number of fused-ring (bicyclic) bond motifs is 1. The summed E-state index contributed by atoms with van der Waals surface area (Å²) >= 11 is 7.81. The highest BCUT2D eigenvalue weighted by molar-refractivity contribution is 7.09. The van der Waals surface area contributed by atoms with Crippen molar-refractivity contribution in [2.24, 2.45) is 0 Å². The standard InChI is InChI=1S/C25H26ClN5S/c26-20-9-7-19(8-10-20)18-30-13-15-31(16-14-30)25-28-23-6-2-1-5-22(23)24(29-25)27-12-11-21-4-3-17-32-21/h1-10,17H,11-16,18H2,(H,27,28,29). The van der Waals surface area contributed by atoms with Crippen molar-refractivity contribution in [2.45, 2.75) is 13.0 Å². The second kappa shape index (κ2) is 9.86. The molecular formula is C25H26ClN5S. The monoisotopic (exact) mass is 463 g/mol. The normalized spacial score (nSPS) is 14.7. The predicted octanol–water partition coefficient (Wildman–Crippen LogP) is 5.32. The summed E-state index contributed by atoms with van der Waals surface area (Å²) in [6.07, 6.45) is 0.995. The van der Waals surface area contributed by atoms with Gasteiger partial charge in [-0.25, -0.2) is 4.98 Å². The van der Waals surface area contributed by atoms with Crippen LogP contribution in [0.4, 0.5) is 11.8 Å². The van der Waals surface area contributed by atoms with Gasteiger partial charge in [0.2, 0.25) is 5.95 Å². The molecule has 7 heteroatoms. The Balaban J connectivity index is 1.27. The number of rotatable bonds is 7. The van der Waals surface area contributed by atoms with Crippen molar-refractivity contribution >= 4 is 45.6 Å². The second-order valence-corrected chi connectivity index (χ2v) is 9.50. The fourth-order valence-corrected chi connectivity index (χ4v) is 4.89. The molecule has 4 aromatic rings. The van der Waals surface area contributed by atoms with E-state index in [1.165, 1.54) is 10.4 Å². The summed E-state index contributed by atoms with van der Waals surface area (Å²) in [4.78, 5) is 16.0. The van der Waals surface area contributed by atoms with E-state index < -0.39 is 0 Å². The van der Waals surface area contributed by atoms with Crippen LogP contribution in [0.2, 0.25) is 5.02 Å². The number of hydrogen-bond acceptors (Lipinski definition) is 6. The highest BCUT2D eigenvalue weighted by Gasteiger charge is 2.20. The molecule has 164 valence electrons. The zero-order chi connectivity index (χ0) is 21.8. The number of aromatic nitrogens is 2. The van der Waals surface area contributed by atoms with Gasteiger partial charge >= 0.3 is 0 Å². The van der Waals surface area contributed by atoms with E-state index in [1.54, 1.807) is 11.3 Å². The van der Waals surface area contributed by atoms with Crippen molar-refractivity contribution < 1.29 is 0 Å². The van der Waals surface area contributed by atoms with Crippen molar-refractivity contribution in [3.05, 3.63) is 81.5 Å². The first kappa shape index (κ1) is 21.2. The third-order valence-corrected chi connectivity index (χ3v) is 7.00. The molecule has 0 spiro atoms. The SMILES string of the molecule is Clc1ccc(CN2CCN(c3nc(NCCc4cccs4)c4ccccc4n3)CC2)cc1. The molecule has 1 fully saturated rings. The molecule has 3 heterocycles. The van der Waals surface area contributed by atoms with Gasteiger partial charge < -0.3 is 10.2 Å². The molecule has 2 aromatic carbocycles. The quantitative estimate of drug-likeness (QED) is 0.401. The number of halogens is 1. The van der Waals surface area contributed by atoms with Crippen LogP contribution in [-0.2, 0) is 13.0 Å². The molecule has 1 saturated heterocycles. The second-order valence-electron chi connectivity index (χ2n) is 8.04. The largest absolute Gasteiger partial charge is 0.369 e. The van der Waals surface area contributed by atoms with Crippen LogP contribution in [-0.4, -0.2) is 47.6 Å². The lowest BCUT2D eigenvalue weighted by Gasteiger charge is -2.35. The summed E-state index contributed by atoms with van der Waals surface area (Å²) in [6.45, 7) is 5.61. The van der Waals surface area contributed by atoms with Gasteiger partial charge in [0.25, 0.3) is 0 Å². The van der Waals surface area contributed by atoms with Crippen molar-refractivity contribution in [1.82, 2.24) is 14.9 Å². The van der Waals surface area contributed by atoms with Gasteiger partial charge in [-0.05, 0) is 47.7 Å². The van der Waals surface area contributed by atoms with Gasteiger partial charge in [0.05, 0.1) is 5.52 Å². The minimum atomic E-state index is 0.784. The fourth-order valence-electron chi connectivity index (χ4n) is 4.05. The summed E-state index contributed by atoms with van der Waals surface area (Å²) in [6, 6.07) is 20.7. The van der Waals surface area contributed by atoms with E-state index in [4.69, 9.17) is 21.6 Å². The molecule has 0 amide bonds. The molecule has 0 aliphatic carbocycles. The smallest absolute Gasteiger partial charge is 0.227 e. The Kier molecular flexibility index (Phi) is 6.53. The van der Waals surface area contributed by atoms with E-state index in [2.05, 4.69) is 56.9 Å². The van der Waals surface area contributed by atoms with Gasteiger partial charge in [-0.1, -0.05) is 41.9 Å². The van der Waals surface area contributed by atoms with Gasteiger partial charge in [0.15, 0.2) is 0 Å². The Morgan fingerprint density at radius 3 is 2.50 bits per heavy atom. The van der Waals surface area contributed by atoms with E-state index in [0.29, 0.717) is 0 Å². The zero-order valence-corrected chi connectivity index (χ0v) is 19.4. The van der Waals surface area contributed by atoms with E-state index in [-0.39, 0.29) is 0 Å². The Labute approximate surface area is 197 Å². The fraction of sp³-hybridized carbons (Fsp3) is 0.280. The molecule has 1 N–H and O–H groups in total. The van der Waals surface area contributed by atoms with Gasteiger partial charge in [0, 0.05) is 54.6 Å². The van der Waals surface area contributed by atoms with Crippen LogP contribution in [0.5, 0.6) is 0 Å². The first-order chi connectivity index (χ1) is 15.7. The van der Waals surface area contributed by atoms with Crippen LogP contribution in [0.3, 0.4) is 0 Å². The van der Waals surface area contributed by atoms with Crippen LogP contribution in [0.25, 0.3) is 10.9 Å². The van der Waals surface area contributed by atoms with E-state index in [0.717, 1.165) is 73.4 Å². The zero-order valence-electron chi connectivity index (χ0n) is 17.9. The number of nitrogens with one attached hydrogen (secondary N) is 1. The van der Waals surface area contributed by atoms with Crippen LogP contribution in [0.1, 0.15) is 10.4 Å². The average Bonchev–Trinajstić information content (AvgIpc) is 3.34. The summed E-state index contributed by atoms with van der Waals surface area (Å²) < 4.78 is 0. The summed E-state index contributed by atoms with van der Waals surface area (Å²) in [5, 5.41) is 7.54. The summed E-state index contributed by atoms with van der Waals surface area (Å²) in [7, 11) is 0. The van der Waals surface area contributed by atoms with Crippen molar-refractivity contribution in [3.8, 4) is 0 Å². The number of anilines is 2. The number of nitrogens with zero attached hydrogens (tertiary/aromatic N) is 4. The maximum atomic E-state index is 6.01. The number of para-hydroxylation sites is 1. The first-order valence-electron chi connectivity index (χ1n) is 11.0. The molecule has 1 aliphatic rings. The topological polar surface area (TPSA) is 44.3 Å². The molecule has 5 nitrogen and oxygen atoms in total. The van der Waals surface area contributed by atoms with Crippen molar-refractivity contribution in [2.75, 3.05) is 42.9 Å². The first-order valence-corrected chi connectivity index (χ1v) is 12.3. The van der Waals surface area contributed by atoms with Crippen LogP contribution < -0.4 is 10.2 Å². The molecule has 2 aromatic heterocycles. The van der Waals surface area contributed by atoms with Gasteiger partial charge in [-0.15, -0.1) is 11.3 Å². The molecule has 0 radical (unpaired) electrons. The number of benzene rings is 2. The molecule has 0 saturated carbocycles. The highest BCUT2D eigenvalue weighted by atomic mass is 35.5. The Morgan fingerprint density at radius 1 is 0.906 bits per heavy atom. The Bertz CT molecular complexity index is 1150. The Morgan fingerprint density at radius 2 is 1.72 bits per heavy atom. The maximum absolute atomic E-state index is 6.01. The third kappa shape index (κ3) is 5.04. The van der Waals surface area contributed by atoms with E-state index in [1.807, 2.05) is 24.3 Å².